The summed E-state index contributed by atoms with van der Waals surface area (Å²) in [6.45, 7) is 5.15. The number of fused-ring (bicyclic) bond motifs is 1. The Morgan fingerprint density at radius 2 is 2.22 bits per heavy atom. The highest BCUT2D eigenvalue weighted by molar-refractivity contribution is 5.97. The van der Waals surface area contributed by atoms with Crippen molar-refractivity contribution in [1.29, 1.82) is 0 Å². The van der Waals surface area contributed by atoms with Gasteiger partial charge in [-0.15, -0.1) is 0 Å². The van der Waals surface area contributed by atoms with Crippen LogP contribution >= 0.6 is 0 Å². The third-order valence-corrected chi connectivity index (χ3v) is 3.38. The molecule has 0 aromatic heterocycles. The Kier molecular flexibility index (Phi) is 3.87. The molecule has 1 N–H and O–H groups in total. The molecule has 18 heavy (non-hydrogen) atoms. The highest BCUT2D eigenvalue weighted by Gasteiger charge is 2.30. The number of rotatable bonds is 4. The van der Waals surface area contributed by atoms with Gasteiger partial charge in [0, 0.05) is 25.1 Å². The molecule has 1 aromatic carbocycles. The average Bonchev–Trinajstić information content (AvgIpc) is 2.66. The molecule has 1 heterocycles. The van der Waals surface area contributed by atoms with Gasteiger partial charge in [-0.05, 0) is 13.0 Å². The predicted octanol–water partition coefficient (Wildman–Crippen LogP) is 1.95. The molecule has 1 amide bonds. The molecular formula is C14H19NO3. The number of hydrogen-bond acceptors (Lipinski definition) is 3. The van der Waals surface area contributed by atoms with E-state index in [4.69, 9.17) is 9.47 Å². The highest BCUT2D eigenvalue weighted by Crippen LogP contribution is 2.40. The maximum atomic E-state index is 12.0. The number of carbonyl (C=O) groups excluding carboxylic acids is 1. The molecule has 2 unspecified atom stereocenters. The SMILES string of the molecule is COCCNC(=O)c1cccc2c1OC(C)C2C. The van der Waals surface area contributed by atoms with Gasteiger partial charge in [0.05, 0.1) is 12.2 Å². The molecule has 98 valence electrons. The number of para-hydroxylation sites is 1. The van der Waals surface area contributed by atoms with E-state index in [0.29, 0.717) is 24.6 Å². The zero-order valence-corrected chi connectivity index (χ0v) is 11.0. The van der Waals surface area contributed by atoms with Crippen molar-refractivity contribution in [2.24, 2.45) is 0 Å². The van der Waals surface area contributed by atoms with Gasteiger partial charge in [0.2, 0.25) is 0 Å². The van der Waals surface area contributed by atoms with Gasteiger partial charge in [0.15, 0.2) is 0 Å². The molecule has 0 bridgehead atoms. The van der Waals surface area contributed by atoms with Crippen molar-refractivity contribution in [2.75, 3.05) is 20.3 Å². The van der Waals surface area contributed by atoms with Crippen molar-refractivity contribution in [1.82, 2.24) is 5.32 Å². The minimum absolute atomic E-state index is 0.106. The molecular weight excluding hydrogens is 230 g/mol. The van der Waals surface area contributed by atoms with Crippen LogP contribution in [0.1, 0.15) is 35.7 Å². The number of methoxy groups -OCH3 is 1. The first-order valence-corrected chi connectivity index (χ1v) is 6.22. The lowest BCUT2D eigenvalue weighted by Crippen LogP contribution is -2.27. The quantitative estimate of drug-likeness (QED) is 0.830. The lowest BCUT2D eigenvalue weighted by molar-refractivity contribution is 0.0932. The molecule has 1 aliphatic heterocycles. The largest absolute Gasteiger partial charge is 0.489 e. The molecule has 1 aromatic rings. The Hall–Kier alpha value is -1.55. The number of carbonyl (C=O) groups is 1. The van der Waals surface area contributed by atoms with Gasteiger partial charge < -0.3 is 14.8 Å². The molecule has 0 fully saturated rings. The van der Waals surface area contributed by atoms with Gasteiger partial charge in [-0.1, -0.05) is 19.1 Å². The molecule has 4 heteroatoms. The van der Waals surface area contributed by atoms with Crippen molar-refractivity contribution in [3.8, 4) is 5.75 Å². The fraction of sp³-hybridized carbons (Fsp3) is 0.500. The molecule has 2 rings (SSSR count). The molecule has 0 saturated carbocycles. The van der Waals surface area contributed by atoms with E-state index in [0.717, 1.165) is 11.3 Å². The predicted molar refractivity (Wildman–Crippen MR) is 69.2 cm³/mol. The summed E-state index contributed by atoms with van der Waals surface area (Å²) in [7, 11) is 1.61. The zero-order chi connectivity index (χ0) is 13.1. The second-order valence-electron chi connectivity index (χ2n) is 4.58. The summed E-state index contributed by atoms with van der Waals surface area (Å²) in [5, 5.41) is 2.82. The van der Waals surface area contributed by atoms with Crippen LogP contribution in [0.15, 0.2) is 18.2 Å². The molecule has 1 aliphatic rings. The van der Waals surface area contributed by atoms with E-state index in [1.807, 2.05) is 19.1 Å². The normalized spacial score (nSPS) is 21.3. The smallest absolute Gasteiger partial charge is 0.255 e. The average molecular weight is 249 g/mol. The van der Waals surface area contributed by atoms with Crippen LogP contribution in [0, 0.1) is 0 Å². The highest BCUT2D eigenvalue weighted by atomic mass is 16.5. The number of hydrogen-bond donors (Lipinski definition) is 1. The molecule has 0 radical (unpaired) electrons. The Morgan fingerprint density at radius 3 is 2.94 bits per heavy atom. The van der Waals surface area contributed by atoms with Crippen molar-refractivity contribution in [3.63, 3.8) is 0 Å². The Balaban J connectivity index is 2.18. The third kappa shape index (κ3) is 2.34. The monoisotopic (exact) mass is 249 g/mol. The first-order valence-electron chi connectivity index (χ1n) is 6.22. The first-order chi connectivity index (χ1) is 8.65. The van der Waals surface area contributed by atoms with Crippen molar-refractivity contribution in [3.05, 3.63) is 29.3 Å². The fourth-order valence-electron chi connectivity index (χ4n) is 2.13. The first kappa shape index (κ1) is 12.9. The van der Waals surface area contributed by atoms with E-state index < -0.39 is 0 Å². The lowest BCUT2D eigenvalue weighted by Gasteiger charge is -2.09. The third-order valence-electron chi connectivity index (χ3n) is 3.38. The standard InChI is InChI=1S/C14H19NO3/c1-9-10(2)18-13-11(9)5-4-6-12(13)14(16)15-7-8-17-3/h4-6,9-10H,7-8H2,1-3H3,(H,15,16). The maximum absolute atomic E-state index is 12.0. The minimum Gasteiger partial charge on any atom is -0.489 e. The van der Waals surface area contributed by atoms with Crippen molar-refractivity contribution in [2.45, 2.75) is 25.9 Å². The summed E-state index contributed by atoms with van der Waals surface area (Å²) in [5.41, 5.74) is 1.72. The second kappa shape index (κ2) is 5.40. The summed E-state index contributed by atoms with van der Waals surface area (Å²) in [5.74, 6) is 0.948. The van der Waals surface area contributed by atoms with Crippen LogP contribution in [0.5, 0.6) is 5.75 Å². The van der Waals surface area contributed by atoms with Crippen LogP contribution in [0.4, 0.5) is 0 Å². The number of nitrogens with one attached hydrogen (secondary N) is 1. The van der Waals surface area contributed by atoms with Gasteiger partial charge in [-0.25, -0.2) is 0 Å². The molecule has 0 aliphatic carbocycles. The van der Waals surface area contributed by atoms with Crippen LogP contribution in [0.25, 0.3) is 0 Å². The zero-order valence-electron chi connectivity index (χ0n) is 11.0. The lowest BCUT2D eigenvalue weighted by atomic mass is 9.97. The molecule has 2 atom stereocenters. The van der Waals surface area contributed by atoms with Crippen LogP contribution in [0.2, 0.25) is 0 Å². The summed E-state index contributed by atoms with van der Waals surface area (Å²) < 4.78 is 10.7. The summed E-state index contributed by atoms with van der Waals surface area (Å²) in [6, 6.07) is 5.73. The maximum Gasteiger partial charge on any atom is 0.255 e. The topological polar surface area (TPSA) is 47.6 Å². The molecule has 0 spiro atoms. The summed E-state index contributed by atoms with van der Waals surface area (Å²) >= 11 is 0. The Labute approximate surface area is 107 Å². The number of ether oxygens (including phenoxy) is 2. The van der Waals surface area contributed by atoms with Crippen LogP contribution < -0.4 is 10.1 Å². The van der Waals surface area contributed by atoms with Crippen LogP contribution in [0.3, 0.4) is 0 Å². The van der Waals surface area contributed by atoms with E-state index in [1.54, 1.807) is 13.2 Å². The number of benzene rings is 1. The van der Waals surface area contributed by atoms with E-state index in [-0.39, 0.29) is 12.0 Å². The van der Waals surface area contributed by atoms with Gasteiger partial charge >= 0.3 is 0 Å². The van der Waals surface area contributed by atoms with Gasteiger partial charge in [0.25, 0.3) is 5.91 Å². The second-order valence-corrected chi connectivity index (χ2v) is 4.58. The van der Waals surface area contributed by atoms with E-state index >= 15 is 0 Å². The number of amides is 1. The van der Waals surface area contributed by atoms with Crippen molar-refractivity contribution < 1.29 is 14.3 Å². The molecule has 4 nitrogen and oxygen atoms in total. The Bertz CT molecular complexity index is 445. The van der Waals surface area contributed by atoms with Crippen LogP contribution in [-0.2, 0) is 4.74 Å². The summed E-state index contributed by atoms with van der Waals surface area (Å²) in [6.07, 6.45) is 0.118. The van der Waals surface area contributed by atoms with Crippen LogP contribution in [-0.4, -0.2) is 32.3 Å². The Morgan fingerprint density at radius 1 is 1.44 bits per heavy atom. The van der Waals surface area contributed by atoms with Crippen molar-refractivity contribution >= 4 is 5.91 Å². The van der Waals surface area contributed by atoms with Gasteiger partial charge in [0.1, 0.15) is 11.9 Å². The van der Waals surface area contributed by atoms with E-state index in [2.05, 4.69) is 12.2 Å². The fourth-order valence-corrected chi connectivity index (χ4v) is 2.13. The van der Waals surface area contributed by atoms with E-state index in [1.165, 1.54) is 0 Å². The summed E-state index contributed by atoms with van der Waals surface area (Å²) in [4.78, 5) is 12.0. The molecule has 0 saturated heterocycles. The minimum atomic E-state index is -0.106. The van der Waals surface area contributed by atoms with E-state index in [9.17, 15) is 4.79 Å². The van der Waals surface area contributed by atoms with Gasteiger partial charge in [-0.2, -0.15) is 0 Å². The van der Waals surface area contributed by atoms with Gasteiger partial charge in [-0.3, -0.25) is 4.79 Å².